The third-order valence-electron chi connectivity index (χ3n) is 3.00. The number of ether oxygens (including phenoxy) is 2. The minimum atomic E-state index is 0.0209. The molecule has 0 saturated carbocycles. The van der Waals surface area contributed by atoms with Crippen molar-refractivity contribution >= 4 is 17.7 Å². The summed E-state index contributed by atoms with van der Waals surface area (Å²) in [4.78, 5) is 13.5. The van der Waals surface area contributed by atoms with Crippen molar-refractivity contribution in [1.29, 1.82) is 0 Å². The number of hydrogen-bond acceptors (Lipinski definition) is 4. The maximum absolute atomic E-state index is 11.6. The summed E-state index contributed by atoms with van der Waals surface area (Å²) in [6, 6.07) is 5.68. The summed E-state index contributed by atoms with van der Waals surface area (Å²) >= 11 is 1.75. The summed E-state index contributed by atoms with van der Waals surface area (Å²) in [7, 11) is 3.28. The first-order chi connectivity index (χ1) is 8.67. The molecule has 1 atom stereocenters. The van der Waals surface area contributed by atoms with Gasteiger partial charge in [0.05, 0.1) is 14.2 Å². The van der Waals surface area contributed by atoms with Crippen molar-refractivity contribution in [1.82, 2.24) is 4.90 Å². The fourth-order valence-electron chi connectivity index (χ4n) is 2.08. The Balaban J connectivity index is 2.38. The van der Waals surface area contributed by atoms with Gasteiger partial charge < -0.3 is 14.4 Å². The fraction of sp³-hybridized carbons (Fsp3) is 0.462. The van der Waals surface area contributed by atoms with Crippen LogP contribution in [0.3, 0.4) is 0 Å². The predicted molar refractivity (Wildman–Crippen MR) is 72.1 cm³/mol. The van der Waals surface area contributed by atoms with E-state index in [9.17, 15) is 4.79 Å². The van der Waals surface area contributed by atoms with Gasteiger partial charge in [-0.15, -0.1) is 11.8 Å². The standard InChI is InChI=1S/C13H17NO3S/c1-9(15)14-6-7-18-13(14)11-8-10(16-2)4-5-12(11)17-3/h4-5,8,13H,6-7H2,1-3H3/t13-/m0/s1. The lowest BCUT2D eigenvalue weighted by Gasteiger charge is -2.24. The van der Waals surface area contributed by atoms with Crippen LogP contribution < -0.4 is 9.47 Å². The molecule has 1 aliphatic rings. The number of rotatable bonds is 3. The van der Waals surface area contributed by atoms with Crippen LogP contribution >= 0.6 is 11.8 Å². The van der Waals surface area contributed by atoms with Gasteiger partial charge in [0.2, 0.25) is 5.91 Å². The van der Waals surface area contributed by atoms with Gasteiger partial charge >= 0.3 is 0 Å². The predicted octanol–water partition coefficient (Wildman–Crippen LogP) is 2.30. The van der Waals surface area contributed by atoms with E-state index in [4.69, 9.17) is 9.47 Å². The van der Waals surface area contributed by atoms with Gasteiger partial charge in [-0.1, -0.05) is 0 Å². The quantitative estimate of drug-likeness (QED) is 0.842. The number of carbonyl (C=O) groups is 1. The lowest BCUT2D eigenvalue weighted by molar-refractivity contribution is -0.128. The summed E-state index contributed by atoms with van der Waals surface area (Å²) < 4.78 is 10.6. The average molecular weight is 267 g/mol. The van der Waals surface area contributed by atoms with Crippen molar-refractivity contribution < 1.29 is 14.3 Å². The van der Waals surface area contributed by atoms with Gasteiger partial charge in [-0.2, -0.15) is 0 Å². The molecule has 0 N–H and O–H groups in total. The van der Waals surface area contributed by atoms with Gasteiger partial charge in [0, 0.05) is 24.8 Å². The summed E-state index contributed by atoms with van der Waals surface area (Å²) in [5, 5.41) is 0.0209. The van der Waals surface area contributed by atoms with E-state index < -0.39 is 0 Å². The van der Waals surface area contributed by atoms with Crippen molar-refractivity contribution in [2.75, 3.05) is 26.5 Å². The molecule has 0 aromatic heterocycles. The number of benzene rings is 1. The van der Waals surface area contributed by atoms with Crippen molar-refractivity contribution in [2.45, 2.75) is 12.3 Å². The Morgan fingerprint density at radius 2 is 2.17 bits per heavy atom. The highest BCUT2D eigenvalue weighted by molar-refractivity contribution is 7.99. The van der Waals surface area contributed by atoms with E-state index in [2.05, 4.69) is 0 Å². The summed E-state index contributed by atoms with van der Waals surface area (Å²) in [6.45, 7) is 2.39. The Labute approximate surface area is 111 Å². The van der Waals surface area contributed by atoms with E-state index in [1.165, 1.54) is 0 Å². The monoisotopic (exact) mass is 267 g/mol. The number of methoxy groups -OCH3 is 2. The van der Waals surface area contributed by atoms with Crippen molar-refractivity contribution in [3.63, 3.8) is 0 Å². The van der Waals surface area contributed by atoms with Gasteiger partial charge in [0.15, 0.2) is 0 Å². The Morgan fingerprint density at radius 3 is 2.78 bits per heavy atom. The minimum Gasteiger partial charge on any atom is -0.497 e. The molecule has 2 rings (SSSR count). The molecule has 1 aliphatic heterocycles. The molecule has 1 fully saturated rings. The second kappa shape index (κ2) is 5.52. The Bertz CT molecular complexity index is 450. The molecule has 0 unspecified atom stereocenters. The molecule has 0 aliphatic carbocycles. The largest absolute Gasteiger partial charge is 0.497 e. The second-order valence-corrected chi connectivity index (χ2v) is 5.23. The molecule has 5 heteroatoms. The van der Waals surface area contributed by atoms with Gasteiger partial charge in [-0.25, -0.2) is 0 Å². The van der Waals surface area contributed by atoms with Crippen LogP contribution in [0.25, 0.3) is 0 Å². The van der Waals surface area contributed by atoms with Crippen LogP contribution in [-0.2, 0) is 4.79 Å². The highest BCUT2D eigenvalue weighted by atomic mass is 32.2. The highest BCUT2D eigenvalue weighted by Crippen LogP contribution is 2.43. The lowest BCUT2D eigenvalue weighted by atomic mass is 10.1. The molecule has 4 nitrogen and oxygen atoms in total. The lowest BCUT2D eigenvalue weighted by Crippen LogP contribution is -2.28. The third kappa shape index (κ3) is 2.41. The van der Waals surface area contributed by atoms with E-state index >= 15 is 0 Å². The van der Waals surface area contributed by atoms with Gasteiger partial charge in [0.1, 0.15) is 16.9 Å². The number of carbonyl (C=O) groups excluding carboxylic acids is 1. The van der Waals surface area contributed by atoms with Gasteiger partial charge in [-0.05, 0) is 18.2 Å². The second-order valence-electron chi connectivity index (χ2n) is 4.04. The number of thioether (sulfide) groups is 1. The zero-order valence-electron chi connectivity index (χ0n) is 10.8. The first kappa shape index (κ1) is 13.1. The van der Waals surface area contributed by atoms with Crippen molar-refractivity contribution in [3.8, 4) is 11.5 Å². The number of nitrogens with zero attached hydrogens (tertiary/aromatic N) is 1. The normalized spacial score (nSPS) is 18.8. The molecular formula is C13H17NO3S. The van der Waals surface area contributed by atoms with Crippen LogP contribution in [-0.4, -0.2) is 37.3 Å². The average Bonchev–Trinajstić information content (AvgIpc) is 2.87. The van der Waals surface area contributed by atoms with Crippen LogP contribution in [0.1, 0.15) is 17.9 Å². The maximum atomic E-state index is 11.6. The first-order valence-corrected chi connectivity index (χ1v) is 6.83. The summed E-state index contributed by atoms with van der Waals surface area (Å²) in [5.74, 6) is 2.61. The zero-order valence-corrected chi connectivity index (χ0v) is 11.6. The summed E-state index contributed by atoms with van der Waals surface area (Å²) in [5.41, 5.74) is 0.995. The highest BCUT2D eigenvalue weighted by Gasteiger charge is 2.31. The Morgan fingerprint density at radius 1 is 1.39 bits per heavy atom. The SMILES string of the molecule is COc1ccc(OC)c([C@@H]2SCCN2C(C)=O)c1. The molecule has 1 saturated heterocycles. The van der Waals surface area contributed by atoms with Crippen molar-refractivity contribution in [2.24, 2.45) is 0 Å². The van der Waals surface area contributed by atoms with E-state index in [1.807, 2.05) is 23.1 Å². The Kier molecular flexibility index (Phi) is 4.01. The minimum absolute atomic E-state index is 0.0209. The number of hydrogen-bond donors (Lipinski definition) is 0. The molecule has 0 radical (unpaired) electrons. The van der Waals surface area contributed by atoms with E-state index in [0.717, 1.165) is 29.4 Å². The van der Waals surface area contributed by atoms with E-state index in [0.29, 0.717) is 0 Å². The molecule has 1 amide bonds. The third-order valence-corrected chi connectivity index (χ3v) is 4.24. The molecule has 18 heavy (non-hydrogen) atoms. The van der Waals surface area contributed by atoms with Crippen LogP contribution in [0.4, 0.5) is 0 Å². The molecule has 1 aromatic carbocycles. The first-order valence-electron chi connectivity index (χ1n) is 5.78. The molecule has 0 bridgehead atoms. The van der Waals surface area contributed by atoms with Crippen LogP contribution in [0, 0.1) is 0 Å². The Hall–Kier alpha value is -1.36. The fourth-order valence-corrected chi connectivity index (χ4v) is 3.41. The smallest absolute Gasteiger partial charge is 0.220 e. The van der Waals surface area contributed by atoms with E-state index in [1.54, 1.807) is 32.9 Å². The molecule has 1 heterocycles. The molecule has 0 spiro atoms. The van der Waals surface area contributed by atoms with Crippen LogP contribution in [0.5, 0.6) is 11.5 Å². The van der Waals surface area contributed by atoms with Crippen molar-refractivity contribution in [3.05, 3.63) is 23.8 Å². The molecular weight excluding hydrogens is 250 g/mol. The van der Waals surface area contributed by atoms with Gasteiger partial charge in [0.25, 0.3) is 0 Å². The van der Waals surface area contributed by atoms with Crippen LogP contribution in [0.2, 0.25) is 0 Å². The molecule has 98 valence electrons. The van der Waals surface area contributed by atoms with Crippen LogP contribution in [0.15, 0.2) is 18.2 Å². The molecule has 1 aromatic rings. The number of amides is 1. The van der Waals surface area contributed by atoms with Gasteiger partial charge in [-0.3, -0.25) is 4.79 Å². The zero-order chi connectivity index (χ0) is 13.1. The topological polar surface area (TPSA) is 38.8 Å². The summed E-state index contributed by atoms with van der Waals surface area (Å²) in [6.07, 6.45) is 0. The van der Waals surface area contributed by atoms with E-state index in [-0.39, 0.29) is 11.3 Å². The maximum Gasteiger partial charge on any atom is 0.220 e.